The van der Waals surface area contributed by atoms with Crippen molar-refractivity contribution in [2.75, 3.05) is 26.2 Å². The van der Waals surface area contributed by atoms with Crippen LogP contribution in [-0.2, 0) is 9.53 Å². The minimum atomic E-state index is -0.137. The number of hydrogen-bond acceptors (Lipinski definition) is 5. The second kappa shape index (κ2) is 10.2. The lowest BCUT2D eigenvalue weighted by Gasteiger charge is -2.64. The zero-order valence-electron chi connectivity index (χ0n) is 23.1. The molecule has 6 aliphatic rings. The van der Waals surface area contributed by atoms with E-state index in [0.717, 1.165) is 31.1 Å². The van der Waals surface area contributed by atoms with Crippen LogP contribution in [0.25, 0.3) is 0 Å². The average Bonchev–Trinajstić information content (AvgIpc) is 3.22. The Morgan fingerprint density at radius 1 is 0.833 bits per heavy atom. The van der Waals surface area contributed by atoms with E-state index in [1.807, 2.05) is 0 Å². The van der Waals surface area contributed by atoms with Gasteiger partial charge in [0.05, 0.1) is 12.3 Å². The number of carbonyl (C=O) groups excluding carboxylic acids is 1. The first kappa shape index (κ1) is 25.6. The highest BCUT2D eigenvalue weighted by Gasteiger charge is 2.65. The van der Waals surface area contributed by atoms with Gasteiger partial charge in [-0.2, -0.15) is 0 Å². The normalized spacial score (nSPS) is 46.1. The fourth-order valence-corrected chi connectivity index (χ4v) is 11.0. The number of nitrogens with zero attached hydrogens (tertiary/aromatic N) is 2. The Hall–Kier alpha value is -0.650. The zero-order chi connectivity index (χ0) is 24.9. The van der Waals surface area contributed by atoms with Crippen molar-refractivity contribution in [3.8, 4) is 0 Å². The van der Waals surface area contributed by atoms with Gasteiger partial charge in [0, 0.05) is 12.3 Å². The summed E-state index contributed by atoms with van der Waals surface area (Å²) in [4.78, 5) is 17.4. The van der Waals surface area contributed by atoms with Gasteiger partial charge in [-0.3, -0.25) is 14.6 Å². The van der Waals surface area contributed by atoms with Crippen LogP contribution >= 0.6 is 0 Å². The van der Waals surface area contributed by atoms with E-state index in [1.165, 1.54) is 103 Å². The molecule has 0 aromatic carbocycles. The summed E-state index contributed by atoms with van der Waals surface area (Å²) in [6, 6.07) is 0. The Bertz CT molecular complexity index is 775. The van der Waals surface area contributed by atoms with Crippen LogP contribution in [0.4, 0.5) is 0 Å². The van der Waals surface area contributed by atoms with E-state index in [9.17, 15) is 9.90 Å². The molecule has 0 radical (unpaired) electrons. The molecular weight excluding hydrogens is 448 g/mol. The molecule has 1 N–H and O–H groups in total. The number of fused-ring (bicyclic) bond motifs is 5. The van der Waals surface area contributed by atoms with Crippen LogP contribution in [0.3, 0.4) is 0 Å². The summed E-state index contributed by atoms with van der Waals surface area (Å²) in [5.74, 6) is 2.79. The van der Waals surface area contributed by atoms with Crippen LogP contribution in [0, 0.1) is 34.5 Å². The third-order valence-electron chi connectivity index (χ3n) is 12.5. The second-order valence-corrected chi connectivity index (χ2v) is 14.0. The molecule has 2 heterocycles. The standard InChI is InChI=1S/C31H52N2O3/c1-22(34)36-24-13-15-30(2)23(21-24)9-10-25-26(30)14-16-31(27(25)11-12-28(31)35)29(32-17-5-3-6-18-32)33-19-7-4-8-20-33/h23-29,35H,3-21H2,1-2H3/t23?,24?,25-,26+,27+,28?,30+,31-/m1/s1. The molecule has 5 heteroatoms. The van der Waals surface area contributed by atoms with Gasteiger partial charge in [0.15, 0.2) is 0 Å². The SMILES string of the molecule is CC(=O)OC1CC[C@@]2(C)C(CC[C@H]3[C@@H]4CCC(O)[C@@]4(C(N4CCCCC4)N4CCCCC4)CC[C@@H]32)C1. The lowest BCUT2D eigenvalue weighted by atomic mass is 9.44. The molecule has 0 aromatic rings. The first-order chi connectivity index (χ1) is 17.4. The van der Waals surface area contributed by atoms with Gasteiger partial charge >= 0.3 is 5.97 Å². The quantitative estimate of drug-likeness (QED) is 0.509. The highest BCUT2D eigenvalue weighted by Crippen LogP contribution is 2.68. The predicted molar refractivity (Wildman–Crippen MR) is 142 cm³/mol. The molecule has 0 aromatic heterocycles. The third-order valence-corrected chi connectivity index (χ3v) is 12.5. The Morgan fingerprint density at radius 3 is 2.14 bits per heavy atom. The molecule has 5 nitrogen and oxygen atoms in total. The summed E-state index contributed by atoms with van der Waals surface area (Å²) >= 11 is 0. The predicted octanol–water partition coefficient (Wildman–Crippen LogP) is 5.60. The minimum absolute atomic E-state index is 0.0635. The molecule has 4 aliphatic carbocycles. The largest absolute Gasteiger partial charge is 0.463 e. The molecule has 6 rings (SSSR count). The monoisotopic (exact) mass is 500 g/mol. The smallest absolute Gasteiger partial charge is 0.302 e. The molecule has 204 valence electrons. The minimum Gasteiger partial charge on any atom is -0.463 e. The van der Waals surface area contributed by atoms with Crippen LogP contribution in [-0.4, -0.2) is 65.4 Å². The molecule has 36 heavy (non-hydrogen) atoms. The topological polar surface area (TPSA) is 53.0 Å². The number of hydrogen-bond donors (Lipinski definition) is 1. The molecule has 4 saturated carbocycles. The van der Waals surface area contributed by atoms with Crippen molar-refractivity contribution in [2.24, 2.45) is 34.5 Å². The van der Waals surface area contributed by atoms with Crippen molar-refractivity contribution >= 4 is 5.97 Å². The molecule has 2 aliphatic heterocycles. The number of rotatable bonds is 4. The molecule has 0 amide bonds. The Kier molecular flexibility index (Phi) is 7.22. The van der Waals surface area contributed by atoms with E-state index >= 15 is 0 Å². The maximum absolute atomic E-state index is 11.9. The molecule has 0 spiro atoms. The fourth-order valence-electron chi connectivity index (χ4n) is 11.0. The summed E-state index contributed by atoms with van der Waals surface area (Å²) < 4.78 is 5.70. The lowest BCUT2D eigenvalue weighted by molar-refractivity contribution is -0.193. The lowest BCUT2D eigenvalue weighted by Crippen LogP contribution is -2.67. The summed E-state index contributed by atoms with van der Waals surface area (Å²) in [6.07, 6.45) is 19.2. The zero-order valence-corrected chi connectivity index (χ0v) is 23.1. The first-order valence-corrected chi connectivity index (χ1v) is 15.8. The van der Waals surface area contributed by atoms with Gasteiger partial charge in [0.2, 0.25) is 0 Å². The van der Waals surface area contributed by atoms with E-state index in [0.29, 0.717) is 23.4 Å². The van der Waals surface area contributed by atoms with Gasteiger partial charge in [-0.15, -0.1) is 0 Å². The number of piperidine rings is 2. The maximum Gasteiger partial charge on any atom is 0.302 e. The summed E-state index contributed by atoms with van der Waals surface area (Å²) in [7, 11) is 0. The Morgan fingerprint density at radius 2 is 1.50 bits per heavy atom. The summed E-state index contributed by atoms with van der Waals surface area (Å²) in [6.45, 7) is 9.09. The van der Waals surface area contributed by atoms with Crippen LogP contribution in [0.2, 0.25) is 0 Å². The molecule has 3 unspecified atom stereocenters. The number of aliphatic hydroxyl groups is 1. The highest BCUT2D eigenvalue weighted by molar-refractivity contribution is 5.66. The van der Waals surface area contributed by atoms with Gasteiger partial charge < -0.3 is 9.84 Å². The molecule has 0 bridgehead atoms. The third kappa shape index (κ3) is 4.18. The molecule has 2 saturated heterocycles. The van der Waals surface area contributed by atoms with Crippen molar-refractivity contribution in [3.63, 3.8) is 0 Å². The van der Waals surface area contributed by atoms with E-state index in [-0.39, 0.29) is 23.6 Å². The highest BCUT2D eigenvalue weighted by atomic mass is 16.5. The second-order valence-electron chi connectivity index (χ2n) is 14.0. The van der Waals surface area contributed by atoms with Gasteiger partial charge in [0.25, 0.3) is 0 Å². The molecule has 6 fully saturated rings. The van der Waals surface area contributed by atoms with Crippen molar-refractivity contribution in [1.82, 2.24) is 9.80 Å². The summed E-state index contributed by atoms with van der Waals surface area (Å²) in [5.41, 5.74) is 0.443. The van der Waals surface area contributed by atoms with Crippen molar-refractivity contribution in [2.45, 2.75) is 129 Å². The maximum atomic E-state index is 11.9. The number of esters is 1. The van der Waals surface area contributed by atoms with Crippen LogP contribution in [0.15, 0.2) is 0 Å². The van der Waals surface area contributed by atoms with Crippen molar-refractivity contribution in [1.29, 1.82) is 0 Å². The fraction of sp³-hybridized carbons (Fsp3) is 0.968. The van der Waals surface area contributed by atoms with Gasteiger partial charge in [-0.05, 0) is 139 Å². The number of carbonyl (C=O) groups is 1. The van der Waals surface area contributed by atoms with E-state index in [2.05, 4.69) is 16.7 Å². The molecule has 8 atom stereocenters. The van der Waals surface area contributed by atoms with Gasteiger partial charge in [-0.1, -0.05) is 19.8 Å². The average molecular weight is 501 g/mol. The number of likely N-dealkylation sites (tertiary alicyclic amines) is 2. The molecular formula is C31H52N2O3. The van der Waals surface area contributed by atoms with Crippen molar-refractivity contribution < 1.29 is 14.6 Å². The van der Waals surface area contributed by atoms with Gasteiger partial charge in [-0.25, -0.2) is 0 Å². The number of ether oxygens (including phenoxy) is 1. The van der Waals surface area contributed by atoms with E-state index < -0.39 is 0 Å². The van der Waals surface area contributed by atoms with Crippen LogP contribution in [0.1, 0.15) is 110 Å². The van der Waals surface area contributed by atoms with E-state index in [1.54, 1.807) is 6.92 Å². The Balaban J connectivity index is 1.29. The van der Waals surface area contributed by atoms with Crippen LogP contribution < -0.4 is 0 Å². The van der Waals surface area contributed by atoms with Gasteiger partial charge in [0.1, 0.15) is 6.10 Å². The van der Waals surface area contributed by atoms with Crippen LogP contribution in [0.5, 0.6) is 0 Å². The number of aliphatic hydroxyl groups excluding tert-OH is 1. The van der Waals surface area contributed by atoms with Crippen molar-refractivity contribution in [3.05, 3.63) is 0 Å². The van der Waals surface area contributed by atoms with E-state index in [4.69, 9.17) is 4.74 Å². The first-order valence-electron chi connectivity index (χ1n) is 15.8. The Labute approximate surface area is 219 Å². The summed E-state index contributed by atoms with van der Waals surface area (Å²) in [5, 5.41) is 11.9.